The van der Waals surface area contributed by atoms with Crippen molar-refractivity contribution in [1.29, 1.82) is 0 Å². The number of hydrogen-bond acceptors (Lipinski definition) is 5. The molecule has 0 atom stereocenters. The second-order valence-electron chi connectivity index (χ2n) is 6.05. The number of hydrogen-bond donors (Lipinski definition) is 1. The highest BCUT2D eigenvalue weighted by molar-refractivity contribution is 6.93. The Bertz CT molecular complexity index is 1110. The van der Waals surface area contributed by atoms with Gasteiger partial charge in [0, 0.05) is 10.9 Å². The topological polar surface area (TPSA) is 81.4 Å². The average Bonchev–Trinajstić information content (AvgIpc) is 2.95. The third-order valence-electron chi connectivity index (χ3n) is 4.69. The Morgan fingerprint density at radius 2 is 2.04 bits per heavy atom. The highest BCUT2D eigenvalue weighted by atomic mass is 16.5. The van der Waals surface area contributed by atoms with Crippen molar-refractivity contribution >= 4 is 29.1 Å². The monoisotopic (exact) mass is 318 g/mol. The van der Waals surface area contributed by atoms with Crippen LogP contribution in [0.5, 0.6) is 0 Å². The van der Waals surface area contributed by atoms with Crippen LogP contribution in [0.3, 0.4) is 0 Å². The molecule has 0 amide bonds. The van der Waals surface area contributed by atoms with Gasteiger partial charge in [0.25, 0.3) is 11.4 Å². The second kappa shape index (κ2) is 4.55. The van der Waals surface area contributed by atoms with Crippen molar-refractivity contribution in [1.82, 2.24) is 9.55 Å². The first-order valence-electron chi connectivity index (χ1n) is 7.64. The number of rotatable bonds is 0. The Labute approximate surface area is 136 Å². The van der Waals surface area contributed by atoms with Crippen LogP contribution in [0.1, 0.15) is 11.1 Å². The number of para-hydroxylation sites is 1. The highest BCUT2D eigenvalue weighted by Crippen LogP contribution is 2.31. The van der Waals surface area contributed by atoms with Crippen LogP contribution in [0.4, 0.5) is 4.79 Å². The van der Waals surface area contributed by atoms with Gasteiger partial charge in [-0.25, -0.2) is 4.98 Å². The van der Waals surface area contributed by atoms with Gasteiger partial charge in [0.05, 0.1) is 29.0 Å². The largest absolute Gasteiger partial charge is 0.466 e. The zero-order valence-corrected chi connectivity index (χ0v) is 12.5. The summed E-state index contributed by atoms with van der Waals surface area (Å²) in [6, 6.07) is 11.5. The van der Waals surface area contributed by atoms with Crippen molar-refractivity contribution < 1.29 is 14.6 Å². The summed E-state index contributed by atoms with van der Waals surface area (Å²) in [6.45, 7) is -1.09. The Morgan fingerprint density at radius 3 is 2.92 bits per heavy atom. The summed E-state index contributed by atoms with van der Waals surface area (Å²) >= 11 is 0. The van der Waals surface area contributed by atoms with Gasteiger partial charge in [0.2, 0.25) is 0 Å². The predicted molar refractivity (Wildman–Crippen MR) is 88.3 cm³/mol. The minimum absolute atomic E-state index is 0.101. The minimum Gasteiger partial charge on any atom is -0.466 e. The van der Waals surface area contributed by atoms with E-state index in [0.717, 1.165) is 22.2 Å². The molecule has 24 heavy (non-hydrogen) atoms. The van der Waals surface area contributed by atoms with Crippen LogP contribution in [0.25, 0.3) is 22.3 Å². The van der Waals surface area contributed by atoms with Gasteiger partial charge >= 0.3 is 6.92 Å². The van der Waals surface area contributed by atoms with Gasteiger partial charge < -0.3 is 14.3 Å². The number of nitrogens with zero attached hydrogens (tertiary/aromatic N) is 2. The van der Waals surface area contributed by atoms with Crippen LogP contribution >= 0.6 is 0 Å². The lowest BCUT2D eigenvalue weighted by molar-refractivity contribution is 0.159. The van der Waals surface area contributed by atoms with Crippen molar-refractivity contribution in [2.45, 2.75) is 13.2 Å². The maximum absolute atomic E-state index is 12.8. The number of cyclic esters (lactones) is 1. The van der Waals surface area contributed by atoms with Gasteiger partial charge in [-0.3, -0.25) is 9.59 Å². The number of benzene rings is 1. The molecule has 2 aliphatic heterocycles. The van der Waals surface area contributed by atoms with E-state index < -0.39 is 12.8 Å². The number of carbonyl (C=O) groups excluding carboxylic acids is 1. The normalized spacial score (nSPS) is 15.0. The summed E-state index contributed by atoms with van der Waals surface area (Å²) in [6.07, 6.45) is 0. The molecule has 0 unspecified atom stereocenters. The summed E-state index contributed by atoms with van der Waals surface area (Å²) in [5.41, 5.74) is 3.57. The smallest absolute Gasteiger partial charge is 0.456 e. The summed E-state index contributed by atoms with van der Waals surface area (Å²) in [7, 11) is 0. The molecule has 7 heteroatoms. The van der Waals surface area contributed by atoms with Crippen molar-refractivity contribution in [2.75, 3.05) is 0 Å². The molecule has 1 N–H and O–H groups in total. The Morgan fingerprint density at radius 1 is 1.21 bits per heavy atom. The van der Waals surface area contributed by atoms with Crippen LogP contribution in [-0.2, 0) is 17.9 Å². The summed E-state index contributed by atoms with van der Waals surface area (Å²) < 4.78 is 6.51. The van der Waals surface area contributed by atoms with Crippen molar-refractivity contribution in [3.05, 3.63) is 57.9 Å². The zero-order valence-electron chi connectivity index (χ0n) is 12.5. The number of pyridine rings is 2. The molecule has 3 aromatic rings. The van der Waals surface area contributed by atoms with E-state index in [4.69, 9.17) is 4.74 Å². The Hall–Kier alpha value is -2.93. The second-order valence-corrected chi connectivity index (χ2v) is 6.05. The van der Waals surface area contributed by atoms with Crippen LogP contribution in [0, 0.1) is 0 Å². The van der Waals surface area contributed by atoms with Gasteiger partial charge in [0.1, 0.15) is 6.61 Å². The molecule has 116 valence electrons. The lowest BCUT2D eigenvalue weighted by Gasteiger charge is -2.19. The number of fused-ring (bicyclic) bond motifs is 5. The molecule has 5 rings (SSSR count). The average molecular weight is 318 g/mol. The van der Waals surface area contributed by atoms with E-state index in [-0.39, 0.29) is 12.2 Å². The molecule has 0 radical (unpaired) electrons. The number of aromatic nitrogens is 2. The Kier molecular flexibility index (Phi) is 2.56. The van der Waals surface area contributed by atoms with Gasteiger partial charge in [-0.2, -0.15) is 0 Å². The first-order chi connectivity index (χ1) is 11.6. The predicted octanol–water partition coefficient (Wildman–Crippen LogP) is 0.848. The molecule has 1 aromatic carbocycles. The SMILES string of the molecule is O=C1OCc2c(cc3n(c2=O)Cc2cc4ccccc4nc2-3)B1O. The third-order valence-corrected chi connectivity index (χ3v) is 4.69. The van der Waals surface area contributed by atoms with E-state index in [9.17, 15) is 14.6 Å². The third kappa shape index (κ3) is 1.67. The molecule has 0 bridgehead atoms. The van der Waals surface area contributed by atoms with E-state index in [1.54, 1.807) is 10.6 Å². The highest BCUT2D eigenvalue weighted by Gasteiger charge is 2.37. The fourth-order valence-corrected chi connectivity index (χ4v) is 3.47. The fraction of sp³-hybridized carbons (Fsp3) is 0.118. The first kappa shape index (κ1) is 13.5. The summed E-state index contributed by atoms with van der Waals surface area (Å²) in [5.74, 6) is -0.725. The molecule has 2 aliphatic rings. The lowest BCUT2D eigenvalue weighted by atomic mass is 9.59. The van der Waals surface area contributed by atoms with E-state index >= 15 is 0 Å². The van der Waals surface area contributed by atoms with Crippen LogP contribution < -0.4 is 11.0 Å². The maximum atomic E-state index is 12.8. The van der Waals surface area contributed by atoms with Gasteiger partial charge in [-0.1, -0.05) is 18.2 Å². The molecule has 0 fully saturated rings. The molecule has 0 saturated heterocycles. The standard InChI is InChI=1S/C17H11BN2O4/c21-16-11-8-24-17(22)18(23)12(11)6-14-15-10(7-20(14)16)5-9-3-1-2-4-13(9)19-15/h1-6,23H,7-8H2. The van der Waals surface area contributed by atoms with Crippen molar-refractivity contribution in [2.24, 2.45) is 0 Å². The fourth-order valence-electron chi connectivity index (χ4n) is 3.47. The van der Waals surface area contributed by atoms with Gasteiger partial charge in [-0.05, 0) is 23.7 Å². The first-order valence-corrected chi connectivity index (χ1v) is 7.64. The zero-order chi connectivity index (χ0) is 16.4. The number of carbonyl (C=O) groups is 1. The van der Waals surface area contributed by atoms with Gasteiger partial charge in [0.15, 0.2) is 0 Å². The maximum Gasteiger partial charge on any atom is 0.456 e. The summed E-state index contributed by atoms with van der Waals surface area (Å²) in [5, 5.41) is 11.1. The molecule has 0 aliphatic carbocycles. The summed E-state index contributed by atoms with van der Waals surface area (Å²) in [4.78, 5) is 29.0. The van der Waals surface area contributed by atoms with E-state index in [1.165, 1.54) is 0 Å². The number of ether oxygens (including phenoxy) is 1. The molecule has 6 nitrogen and oxygen atoms in total. The van der Waals surface area contributed by atoms with E-state index in [0.29, 0.717) is 23.3 Å². The quantitative estimate of drug-likeness (QED) is 0.486. The van der Waals surface area contributed by atoms with E-state index in [2.05, 4.69) is 4.98 Å². The minimum atomic E-state index is -1.42. The van der Waals surface area contributed by atoms with Gasteiger partial charge in [-0.15, -0.1) is 0 Å². The van der Waals surface area contributed by atoms with Crippen molar-refractivity contribution in [3.63, 3.8) is 0 Å². The lowest BCUT2D eigenvalue weighted by Crippen LogP contribution is -2.49. The Balaban J connectivity index is 1.80. The molecular formula is C17H11BN2O4. The van der Waals surface area contributed by atoms with Crippen LogP contribution in [0.15, 0.2) is 41.2 Å². The molecule has 0 saturated carbocycles. The van der Waals surface area contributed by atoms with E-state index in [1.807, 2.05) is 30.3 Å². The molecule has 0 spiro atoms. The molecule has 2 aromatic heterocycles. The molecule has 4 heterocycles. The van der Waals surface area contributed by atoms with Crippen molar-refractivity contribution in [3.8, 4) is 11.4 Å². The van der Waals surface area contributed by atoms with Crippen LogP contribution in [-0.4, -0.2) is 27.4 Å². The van der Waals surface area contributed by atoms with Crippen LogP contribution in [0.2, 0.25) is 0 Å². The molecular weight excluding hydrogens is 307 g/mol.